The molecule has 0 bridgehead atoms. The highest BCUT2D eigenvalue weighted by atomic mass is 16.2. The standard InChI is InChI=1S/C16H22N2O/c1-11-6-7-12(2)14(9-11)15-16(19)18-8-4-3-5-13(18)10-17-15/h6-7,9,13,15,17H,3-5,8,10H2,1-2H3. The number of rotatable bonds is 1. The van der Waals surface area contributed by atoms with Gasteiger partial charge in [0.15, 0.2) is 0 Å². The minimum atomic E-state index is -0.144. The maximum absolute atomic E-state index is 12.7. The van der Waals surface area contributed by atoms with Crippen LogP contribution in [0.2, 0.25) is 0 Å². The Labute approximate surface area is 115 Å². The number of piperazine rings is 1. The number of nitrogens with zero attached hydrogens (tertiary/aromatic N) is 1. The summed E-state index contributed by atoms with van der Waals surface area (Å²) >= 11 is 0. The van der Waals surface area contributed by atoms with E-state index in [0.29, 0.717) is 6.04 Å². The van der Waals surface area contributed by atoms with Gasteiger partial charge in [-0.2, -0.15) is 0 Å². The fraction of sp³-hybridized carbons (Fsp3) is 0.562. The zero-order chi connectivity index (χ0) is 13.4. The van der Waals surface area contributed by atoms with Crippen molar-refractivity contribution in [2.24, 2.45) is 0 Å². The molecule has 1 aromatic rings. The second-order valence-electron chi connectivity index (χ2n) is 5.88. The molecule has 0 aromatic heterocycles. The highest BCUT2D eigenvalue weighted by molar-refractivity contribution is 5.85. The first-order valence-electron chi connectivity index (χ1n) is 7.28. The number of aryl methyl sites for hydroxylation is 2. The molecule has 0 aliphatic carbocycles. The molecule has 2 unspecified atom stereocenters. The Kier molecular flexibility index (Phi) is 3.31. The minimum absolute atomic E-state index is 0.144. The molecule has 2 aliphatic rings. The van der Waals surface area contributed by atoms with Crippen molar-refractivity contribution in [3.05, 3.63) is 34.9 Å². The van der Waals surface area contributed by atoms with Crippen molar-refractivity contribution in [2.75, 3.05) is 13.1 Å². The van der Waals surface area contributed by atoms with Crippen LogP contribution < -0.4 is 5.32 Å². The molecule has 2 atom stereocenters. The maximum atomic E-state index is 12.7. The van der Waals surface area contributed by atoms with Crippen molar-refractivity contribution in [1.82, 2.24) is 10.2 Å². The van der Waals surface area contributed by atoms with E-state index in [9.17, 15) is 4.79 Å². The van der Waals surface area contributed by atoms with Gasteiger partial charge in [-0.3, -0.25) is 4.79 Å². The molecule has 19 heavy (non-hydrogen) atoms. The second-order valence-corrected chi connectivity index (χ2v) is 5.88. The molecule has 2 fully saturated rings. The molecule has 2 saturated heterocycles. The molecule has 0 radical (unpaired) electrons. The molecular weight excluding hydrogens is 236 g/mol. The van der Waals surface area contributed by atoms with Gasteiger partial charge in [0.25, 0.3) is 0 Å². The Morgan fingerprint density at radius 2 is 2.11 bits per heavy atom. The van der Waals surface area contributed by atoms with Gasteiger partial charge in [-0.15, -0.1) is 0 Å². The van der Waals surface area contributed by atoms with E-state index in [2.05, 4.69) is 42.3 Å². The fourth-order valence-corrected chi connectivity index (χ4v) is 3.32. The number of hydrogen-bond donors (Lipinski definition) is 1. The summed E-state index contributed by atoms with van der Waals surface area (Å²) in [4.78, 5) is 14.8. The molecule has 102 valence electrons. The number of amides is 1. The van der Waals surface area contributed by atoms with Crippen LogP contribution in [0.4, 0.5) is 0 Å². The first kappa shape index (κ1) is 12.7. The monoisotopic (exact) mass is 258 g/mol. The quantitative estimate of drug-likeness (QED) is 0.838. The van der Waals surface area contributed by atoms with Gasteiger partial charge in [0.1, 0.15) is 6.04 Å². The summed E-state index contributed by atoms with van der Waals surface area (Å²) in [6.45, 7) is 6.04. The Hall–Kier alpha value is -1.35. The summed E-state index contributed by atoms with van der Waals surface area (Å²) in [7, 11) is 0. The Balaban J connectivity index is 1.89. The fourth-order valence-electron chi connectivity index (χ4n) is 3.32. The molecule has 3 heteroatoms. The van der Waals surface area contributed by atoms with Crippen molar-refractivity contribution in [3.8, 4) is 0 Å². The predicted octanol–water partition coefficient (Wildman–Crippen LogP) is 2.33. The first-order chi connectivity index (χ1) is 9.16. The minimum Gasteiger partial charge on any atom is -0.337 e. The SMILES string of the molecule is Cc1ccc(C)c(C2NCC3CCCCN3C2=O)c1. The number of carbonyl (C=O) groups is 1. The number of fused-ring (bicyclic) bond motifs is 1. The molecule has 1 amide bonds. The van der Waals surface area contributed by atoms with Crippen molar-refractivity contribution < 1.29 is 4.79 Å². The normalized spacial score (nSPS) is 27.3. The Bertz CT molecular complexity index is 498. The van der Waals surface area contributed by atoms with Crippen molar-refractivity contribution in [3.63, 3.8) is 0 Å². The van der Waals surface area contributed by atoms with Crippen LogP contribution in [0, 0.1) is 13.8 Å². The van der Waals surface area contributed by atoms with E-state index in [-0.39, 0.29) is 11.9 Å². The van der Waals surface area contributed by atoms with E-state index < -0.39 is 0 Å². The topological polar surface area (TPSA) is 32.3 Å². The second kappa shape index (κ2) is 4.97. The smallest absolute Gasteiger partial charge is 0.244 e. The lowest BCUT2D eigenvalue weighted by molar-refractivity contribution is -0.140. The first-order valence-corrected chi connectivity index (χ1v) is 7.28. The maximum Gasteiger partial charge on any atom is 0.244 e. The molecule has 3 nitrogen and oxygen atoms in total. The van der Waals surface area contributed by atoms with Gasteiger partial charge >= 0.3 is 0 Å². The van der Waals surface area contributed by atoms with Gasteiger partial charge in [0, 0.05) is 19.1 Å². The highest BCUT2D eigenvalue weighted by Gasteiger charge is 2.37. The molecule has 2 heterocycles. The zero-order valence-electron chi connectivity index (χ0n) is 11.8. The summed E-state index contributed by atoms with van der Waals surface area (Å²) in [6.07, 6.45) is 3.56. The van der Waals surface area contributed by atoms with Gasteiger partial charge in [-0.25, -0.2) is 0 Å². The lowest BCUT2D eigenvalue weighted by atomic mass is 9.92. The lowest BCUT2D eigenvalue weighted by Gasteiger charge is -2.43. The molecule has 1 aromatic carbocycles. The van der Waals surface area contributed by atoms with Crippen molar-refractivity contribution in [2.45, 2.75) is 45.2 Å². The number of nitrogens with one attached hydrogen (secondary N) is 1. The van der Waals surface area contributed by atoms with Gasteiger partial charge in [-0.1, -0.05) is 23.8 Å². The summed E-state index contributed by atoms with van der Waals surface area (Å²) in [5.74, 6) is 0.268. The van der Waals surface area contributed by atoms with E-state index >= 15 is 0 Å². The number of hydrogen-bond acceptors (Lipinski definition) is 2. The van der Waals surface area contributed by atoms with E-state index in [4.69, 9.17) is 0 Å². The third-order valence-corrected chi connectivity index (χ3v) is 4.46. The van der Waals surface area contributed by atoms with Crippen LogP contribution in [0.25, 0.3) is 0 Å². The Morgan fingerprint density at radius 3 is 2.95 bits per heavy atom. The third-order valence-electron chi connectivity index (χ3n) is 4.46. The molecule has 0 saturated carbocycles. The number of piperidine rings is 1. The summed E-state index contributed by atoms with van der Waals surface area (Å²) < 4.78 is 0. The van der Waals surface area contributed by atoms with Gasteiger partial charge in [0.2, 0.25) is 5.91 Å². The summed E-state index contributed by atoms with van der Waals surface area (Å²) in [5.41, 5.74) is 3.57. The van der Waals surface area contributed by atoms with E-state index in [1.54, 1.807) is 0 Å². The summed E-state index contributed by atoms with van der Waals surface area (Å²) in [6, 6.07) is 6.64. The molecule has 0 spiro atoms. The van der Waals surface area contributed by atoms with Crippen LogP contribution in [0.3, 0.4) is 0 Å². The summed E-state index contributed by atoms with van der Waals surface area (Å²) in [5, 5.41) is 3.46. The van der Waals surface area contributed by atoms with Crippen LogP contribution >= 0.6 is 0 Å². The predicted molar refractivity (Wildman–Crippen MR) is 76.0 cm³/mol. The highest BCUT2D eigenvalue weighted by Crippen LogP contribution is 2.28. The largest absolute Gasteiger partial charge is 0.337 e. The van der Waals surface area contributed by atoms with Gasteiger partial charge in [0.05, 0.1) is 0 Å². The average Bonchev–Trinajstić information content (AvgIpc) is 2.43. The van der Waals surface area contributed by atoms with Crippen LogP contribution in [-0.4, -0.2) is 29.9 Å². The molecule has 1 N–H and O–H groups in total. The van der Waals surface area contributed by atoms with Gasteiger partial charge in [-0.05, 0) is 44.2 Å². The number of benzene rings is 1. The third kappa shape index (κ3) is 2.27. The zero-order valence-corrected chi connectivity index (χ0v) is 11.8. The number of carbonyl (C=O) groups excluding carboxylic acids is 1. The van der Waals surface area contributed by atoms with Crippen molar-refractivity contribution in [1.29, 1.82) is 0 Å². The van der Waals surface area contributed by atoms with Crippen molar-refractivity contribution >= 4 is 5.91 Å². The van der Waals surface area contributed by atoms with Crippen LogP contribution in [0.5, 0.6) is 0 Å². The lowest BCUT2D eigenvalue weighted by Crippen LogP contribution is -2.57. The van der Waals surface area contributed by atoms with E-state index in [0.717, 1.165) is 31.5 Å². The molecule has 2 aliphatic heterocycles. The van der Waals surface area contributed by atoms with Crippen LogP contribution in [-0.2, 0) is 4.79 Å². The molecular formula is C16H22N2O. The van der Waals surface area contributed by atoms with E-state index in [1.807, 2.05) is 0 Å². The van der Waals surface area contributed by atoms with Crippen LogP contribution in [0.15, 0.2) is 18.2 Å². The van der Waals surface area contributed by atoms with Crippen LogP contribution in [0.1, 0.15) is 42.0 Å². The average molecular weight is 258 g/mol. The molecule has 3 rings (SSSR count). The van der Waals surface area contributed by atoms with E-state index in [1.165, 1.54) is 17.5 Å². The Morgan fingerprint density at radius 1 is 1.26 bits per heavy atom. The van der Waals surface area contributed by atoms with Gasteiger partial charge < -0.3 is 10.2 Å².